The van der Waals surface area contributed by atoms with Crippen LogP contribution in [0, 0.1) is 5.92 Å². The quantitative estimate of drug-likeness (QED) is 0.0357. The fourth-order valence-electron chi connectivity index (χ4n) is 9.34. The van der Waals surface area contributed by atoms with Gasteiger partial charge in [0.1, 0.15) is 17.6 Å². The van der Waals surface area contributed by atoms with Crippen LogP contribution >= 0.6 is 23.4 Å². The first-order valence-corrected chi connectivity index (χ1v) is 27.2. The van der Waals surface area contributed by atoms with E-state index in [9.17, 15) is 19.5 Å². The molecule has 0 bridgehead atoms. The number of hydrogen-bond donors (Lipinski definition) is 2. The average Bonchev–Trinajstić information content (AvgIpc) is 3.61. The number of unbranched alkanes of at least 4 members (excludes halogenated alkanes) is 24. The van der Waals surface area contributed by atoms with Gasteiger partial charge < -0.3 is 24.6 Å². The normalized spacial score (nSPS) is 24.1. The van der Waals surface area contributed by atoms with Gasteiger partial charge in [-0.2, -0.15) is 0 Å². The van der Waals surface area contributed by atoms with E-state index in [1.807, 2.05) is 13.3 Å². The summed E-state index contributed by atoms with van der Waals surface area (Å²) in [6.45, 7) is 9.31. The van der Waals surface area contributed by atoms with Crippen LogP contribution in [0.1, 0.15) is 227 Å². The molecule has 61 heavy (non-hydrogen) atoms. The van der Waals surface area contributed by atoms with Crippen molar-refractivity contribution in [2.75, 3.05) is 19.8 Å². The van der Waals surface area contributed by atoms with Crippen molar-refractivity contribution in [2.45, 2.75) is 274 Å². The van der Waals surface area contributed by atoms with E-state index in [2.05, 4.69) is 31.0 Å². The van der Waals surface area contributed by atoms with Crippen molar-refractivity contribution in [3.05, 3.63) is 0 Å². The first-order chi connectivity index (χ1) is 29.6. The van der Waals surface area contributed by atoms with Gasteiger partial charge in [0, 0.05) is 19.4 Å². The Hall–Kier alpha value is -1.07. The summed E-state index contributed by atoms with van der Waals surface area (Å²) in [7, 11) is 1.97. The van der Waals surface area contributed by atoms with Gasteiger partial charge in [0.05, 0.1) is 17.5 Å². The molecular weight excluding hydrogens is 808 g/mol. The molecule has 0 unspecified atom stereocenters. The molecule has 2 aliphatic heterocycles. The van der Waals surface area contributed by atoms with Gasteiger partial charge >= 0.3 is 11.9 Å². The summed E-state index contributed by atoms with van der Waals surface area (Å²) in [5.41, 5.74) is -0.746. The number of rotatable bonds is 37. The predicted molar refractivity (Wildman–Crippen MR) is 255 cm³/mol. The van der Waals surface area contributed by atoms with E-state index in [4.69, 9.17) is 25.8 Å². The summed E-state index contributed by atoms with van der Waals surface area (Å²) < 4.78 is 18.6. The Kier molecular flexibility index (Phi) is 32.4. The van der Waals surface area contributed by atoms with Gasteiger partial charge in [-0.05, 0) is 51.8 Å². The summed E-state index contributed by atoms with van der Waals surface area (Å²) in [6, 6.07) is -1.08. The van der Waals surface area contributed by atoms with Gasteiger partial charge in [0.2, 0.25) is 5.91 Å². The van der Waals surface area contributed by atoms with Gasteiger partial charge in [-0.1, -0.05) is 181 Å². The number of carbonyl (C=O) groups is 3. The first kappa shape index (κ1) is 56.1. The second-order valence-corrected chi connectivity index (χ2v) is 20.3. The van der Waals surface area contributed by atoms with Crippen molar-refractivity contribution < 1.29 is 33.7 Å². The lowest BCUT2D eigenvalue weighted by Gasteiger charge is -2.46. The molecule has 0 saturated carbocycles. The van der Waals surface area contributed by atoms with E-state index < -0.39 is 53.2 Å². The standard InChI is InChI=1S/C50H93ClN2O7S/c1-7-10-12-14-16-18-20-22-24-26-28-30-32-35-42(54)58-47-45(56)48(59-43(55)36-33-31-29-27-25-23-21-19-17-15-13-11-8-2)50(61-6)60-46(47)44(39(4)51)52-49(57)41-37-40(34-9-3)38-53(41)5/h39-41,44-48,50,56H,7-38H2,1-6H3,(H,52,57)/t39-,40+,41-,44+,45-,46+,47+,48+,50+/m0/s1. The van der Waals surface area contributed by atoms with Crippen LogP contribution in [-0.2, 0) is 28.6 Å². The summed E-state index contributed by atoms with van der Waals surface area (Å²) >= 11 is 8.14. The third kappa shape index (κ3) is 23.6. The molecule has 2 heterocycles. The number of amides is 1. The molecule has 0 spiro atoms. The zero-order chi connectivity index (χ0) is 44.7. The molecule has 2 rings (SSSR count). The Morgan fingerprint density at radius 3 is 1.49 bits per heavy atom. The van der Waals surface area contributed by atoms with Crippen LogP contribution in [0.15, 0.2) is 0 Å². The van der Waals surface area contributed by atoms with Gasteiger partial charge in [-0.25, -0.2) is 0 Å². The maximum atomic E-state index is 13.8. The smallest absolute Gasteiger partial charge is 0.306 e. The highest BCUT2D eigenvalue weighted by Gasteiger charge is 2.53. The molecule has 2 N–H and O–H groups in total. The highest BCUT2D eigenvalue weighted by molar-refractivity contribution is 7.99. The minimum atomic E-state index is -1.36. The summed E-state index contributed by atoms with van der Waals surface area (Å²) in [5, 5.41) is 14.5. The molecule has 9 nitrogen and oxygen atoms in total. The van der Waals surface area contributed by atoms with Gasteiger partial charge in [-0.3, -0.25) is 19.3 Å². The van der Waals surface area contributed by atoms with Crippen LogP contribution in [-0.4, -0.2) is 95.0 Å². The van der Waals surface area contributed by atoms with Crippen molar-refractivity contribution in [3.8, 4) is 0 Å². The minimum absolute atomic E-state index is 0.152. The van der Waals surface area contributed by atoms with Crippen LogP contribution in [0.3, 0.4) is 0 Å². The Balaban J connectivity index is 1.97. The van der Waals surface area contributed by atoms with Gasteiger partial charge in [0.25, 0.3) is 0 Å². The zero-order valence-electron chi connectivity index (χ0n) is 40.0. The number of nitrogens with zero attached hydrogens (tertiary/aromatic N) is 1. The number of aliphatic hydroxyl groups excluding tert-OH is 1. The molecule has 2 fully saturated rings. The fraction of sp³-hybridized carbons (Fsp3) is 0.940. The average molecular weight is 902 g/mol. The summed E-state index contributed by atoms with van der Waals surface area (Å²) in [5.74, 6) is -0.543. The van der Waals surface area contributed by atoms with Crippen molar-refractivity contribution in [3.63, 3.8) is 0 Å². The molecule has 358 valence electrons. The summed E-state index contributed by atoms with van der Waals surface area (Å²) in [6.07, 6.45) is 32.1. The molecule has 11 heteroatoms. The molecular formula is C50H93ClN2O7S. The monoisotopic (exact) mass is 901 g/mol. The number of likely N-dealkylation sites (tertiary alicyclic amines) is 1. The number of carbonyl (C=O) groups excluding carboxylic acids is 3. The topological polar surface area (TPSA) is 114 Å². The Morgan fingerprint density at radius 2 is 1.10 bits per heavy atom. The summed E-state index contributed by atoms with van der Waals surface area (Å²) in [4.78, 5) is 42.6. The third-order valence-corrected chi connectivity index (χ3v) is 14.2. The second kappa shape index (κ2) is 35.2. The maximum absolute atomic E-state index is 13.8. The fourth-order valence-corrected chi connectivity index (χ4v) is 10.3. The number of aliphatic hydroxyl groups is 1. The van der Waals surface area contributed by atoms with Crippen LogP contribution < -0.4 is 5.32 Å². The number of thioether (sulfide) groups is 1. The van der Waals surface area contributed by atoms with Crippen LogP contribution in [0.2, 0.25) is 0 Å². The lowest BCUT2D eigenvalue weighted by molar-refractivity contribution is -0.229. The van der Waals surface area contributed by atoms with E-state index in [1.165, 1.54) is 134 Å². The van der Waals surface area contributed by atoms with Gasteiger partial charge in [-0.15, -0.1) is 23.4 Å². The highest BCUT2D eigenvalue weighted by atomic mass is 35.5. The predicted octanol–water partition coefficient (Wildman–Crippen LogP) is 12.5. The lowest BCUT2D eigenvalue weighted by Crippen LogP contribution is -2.66. The first-order valence-electron chi connectivity index (χ1n) is 25.5. The molecule has 0 aromatic rings. The number of halogens is 1. The molecule has 2 saturated heterocycles. The molecule has 9 atom stereocenters. The number of nitrogens with one attached hydrogen (secondary N) is 1. The lowest BCUT2D eigenvalue weighted by atomic mass is 9.92. The molecule has 1 amide bonds. The molecule has 0 radical (unpaired) electrons. The third-order valence-electron chi connectivity index (χ3n) is 13.1. The SMILES string of the molecule is CCCCCCCCCCCCCCCC(=O)O[C@@H]1[C@H](O)[C@@H](OC(=O)CCCCCCCCCCCCCCC)[C@@H](SC)O[C@@H]1[C@H](NC(=O)[C@@H]1C[C@@H](CCC)CN1C)[C@H](C)Cl. The minimum Gasteiger partial charge on any atom is -0.457 e. The Morgan fingerprint density at radius 1 is 0.689 bits per heavy atom. The number of hydrogen-bond acceptors (Lipinski definition) is 9. The van der Waals surface area contributed by atoms with Crippen molar-refractivity contribution >= 4 is 41.2 Å². The van der Waals surface area contributed by atoms with E-state index in [0.717, 1.165) is 64.3 Å². The zero-order valence-corrected chi connectivity index (χ0v) is 41.5. The van der Waals surface area contributed by atoms with Crippen molar-refractivity contribution in [1.29, 1.82) is 0 Å². The van der Waals surface area contributed by atoms with Crippen LogP contribution in [0.5, 0.6) is 0 Å². The Bertz CT molecular complexity index is 1130. The van der Waals surface area contributed by atoms with Crippen LogP contribution in [0.4, 0.5) is 0 Å². The van der Waals surface area contributed by atoms with E-state index >= 15 is 0 Å². The molecule has 0 aromatic carbocycles. The second-order valence-electron chi connectivity index (χ2n) is 18.6. The number of ether oxygens (including phenoxy) is 3. The number of esters is 2. The van der Waals surface area contributed by atoms with Crippen molar-refractivity contribution in [1.82, 2.24) is 10.2 Å². The van der Waals surface area contributed by atoms with E-state index in [-0.39, 0.29) is 24.8 Å². The number of alkyl halides is 1. The molecule has 2 aliphatic rings. The number of likely N-dealkylation sites (N-methyl/N-ethyl adjacent to an activating group) is 1. The largest absolute Gasteiger partial charge is 0.457 e. The van der Waals surface area contributed by atoms with Gasteiger partial charge in [0.15, 0.2) is 12.2 Å². The van der Waals surface area contributed by atoms with Crippen LogP contribution in [0.25, 0.3) is 0 Å². The van der Waals surface area contributed by atoms with Crippen molar-refractivity contribution in [2.24, 2.45) is 5.92 Å². The molecule has 0 aromatic heterocycles. The molecule has 0 aliphatic carbocycles. The Labute approximate surface area is 383 Å². The van der Waals surface area contributed by atoms with E-state index in [0.29, 0.717) is 12.3 Å². The highest BCUT2D eigenvalue weighted by Crippen LogP contribution is 2.35. The van der Waals surface area contributed by atoms with E-state index in [1.54, 1.807) is 6.92 Å². The maximum Gasteiger partial charge on any atom is 0.306 e.